The number of aliphatic hydroxyl groups is 11. The van der Waals surface area contributed by atoms with Crippen LogP contribution in [0.15, 0.2) is 53.0 Å². The van der Waals surface area contributed by atoms with Crippen molar-refractivity contribution in [2.75, 3.05) is 13.2 Å². The molecular formula is C27H32O16. The molecule has 43 heavy (non-hydrogen) atoms. The van der Waals surface area contributed by atoms with Crippen molar-refractivity contribution in [2.24, 2.45) is 0 Å². The summed E-state index contributed by atoms with van der Waals surface area (Å²) in [5.41, 5.74) is -5.62. The van der Waals surface area contributed by atoms with Gasteiger partial charge in [-0.25, -0.2) is 0 Å². The summed E-state index contributed by atoms with van der Waals surface area (Å²) in [5.74, 6) is -6.12. The van der Waals surface area contributed by atoms with E-state index in [9.17, 15) is 70.9 Å². The highest BCUT2D eigenvalue weighted by molar-refractivity contribution is 6.28. The lowest BCUT2D eigenvalue weighted by Crippen LogP contribution is -2.72. The van der Waals surface area contributed by atoms with Crippen LogP contribution < -0.4 is 0 Å². The summed E-state index contributed by atoms with van der Waals surface area (Å²) in [5, 5.41) is 125. The van der Waals surface area contributed by atoms with Crippen molar-refractivity contribution in [3.8, 4) is 5.75 Å². The smallest absolute Gasteiger partial charge is 0.219 e. The number of phenols is 1. The number of hydrogen-bond acceptors (Lipinski definition) is 16. The minimum atomic E-state index is -3.63. The molecule has 0 spiro atoms. The number of Topliss-reactive ketones (excluding diaryl/α,β-unsaturated/α-hetero) is 2. The molecule has 1 aliphatic carbocycles. The summed E-state index contributed by atoms with van der Waals surface area (Å²) < 4.78 is 10.6. The summed E-state index contributed by atoms with van der Waals surface area (Å²) >= 11 is 0. The van der Waals surface area contributed by atoms with Crippen molar-refractivity contribution < 1.29 is 80.3 Å². The quantitative estimate of drug-likeness (QED) is 0.0820. The van der Waals surface area contributed by atoms with Gasteiger partial charge in [-0.15, -0.1) is 0 Å². The standard InChI is InChI=1S/C27H32O16/c28-7-12-16(32)19(35)21(37)23(42-12)15-18(34)14(11(31)6-3-9-1-4-10(30)5-2-9)24(39)27(41,25(15)40)26-22(38)20(36)17(33)13(8-29)43-26/h1-6,12-13,16-17,19-23,26,28-38,41H,7-8H2/t12-,13-,16-,17-,19+,20+,21-,22-,23+,26-,27+/m1/s1. The monoisotopic (exact) mass is 612 g/mol. The number of aromatic hydroxyl groups is 1. The van der Waals surface area contributed by atoms with Crippen LogP contribution in [0.3, 0.4) is 0 Å². The molecule has 0 saturated carbocycles. The van der Waals surface area contributed by atoms with Gasteiger partial charge in [0.1, 0.15) is 83.9 Å². The Balaban J connectivity index is 1.92. The van der Waals surface area contributed by atoms with Gasteiger partial charge in [-0.2, -0.15) is 0 Å². The van der Waals surface area contributed by atoms with Gasteiger partial charge in [-0.3, -0.25) is 9.59 Å². The molecule has 2 saturated heterocycles. The Morgan fingerprint density at radius 2 is 1.30 bits per heavy atom. The number of benzene rings is 1. The average molecular weight is 613 g/mol. The molecule has 2 heterocycles. The Kier molecular flexibility index (Phi) is 9.41. The van der Waals surface area contributed by atoms with E-state index in [1.807, 2.05) is 0 Å². The van der Waals surface area contributed by atoms with Crippen LogP contribution in [0.4, 0.5) is 0 Å². The van der Waals surface area contributed by atoms with Gasteiger partial charge >= 0.3 is 0 Å². The number of hydrogen-bond donors (Lipinski definition) is 12. The molecule has 3 aliphatic rings. The van der Waals surface area contributed by atoms with Crippen LogP contribution in [-0.2, 0) is 19.1 Å². The first-order chi connectivity index (χ1) is 20.2. The SMILES string of the molecule is O=C1C(=C(O)C=Cc2ccc(O)cc2)C(O)=C([C@@H]2O[C@H](CO)[C@@H](O)[C@H](O)[C@H]2O)C(=O)[C@]1(O)[C@@H]1O[C@H](CO)[C@@H](O)[C@H](O)[C@H]1O. The van der Waals surface area contributed by atoms with E-state index in [4.69, 9.17) is 9.47 Å². The summed E-state index contributed by atoms with van der Waals surface area (Å²) in [4.78, 5) is 27.6. The van der Waals surface area contributed by atoms with Gasteiger partial charge < -0.3 is 70.8 Å². The van der Waals surface area contributed by atoms with E-state index in [0.29, 0.717) is 5.56 Å². The number of carbonyl (C=O) groups is 2. The number of carbonyl (C=O) groups excluding carboxylic acids is 2. The first kappa shape index (κ1) is 32.6. The van der Waals surface area contributed by atoms with Crippen LogP contribution in [0.25, 0.3) is 6.08 Å². The molecule has 0 amide bonds. The topological polar surface area (TPSA) is 295 Å². The first-order valence-electron chi connectivity index (χ1n) is 13.0. The molecule has 236 valence electrons. The lowest BCUT2D eigenvalue weighted by atomic mass is 9.69. The van der Waals surface area contributed by atoms with Gasteiger partial charge in [0.15, 0.2) is 0 Å². The van der Waals surface area contributed by atoms with E-state index in [0.717, 1.165) is 6.08 Å². The fourth-order valence-corrected chi connectivity index (χ4v) is 5.24. The zero-order chi connectivity index (χ0) is 32.0. The molecule has 16 nitrogen and oxygen atoms in total. The molecule has 0 radical (unpaired) electrons. The maximum Gasteiger partial charge on any atom is 0.219 e. The van der Waals surface area contributed by atoms with Crippen molar-refractivity contribution in [3.63, 3.8) is 0 Å². The number of allylic oxidation sites excluding steroid dienone is 2. The van der Waals surface area contributed by atoms with Gasteiger partial charge in [-0.05, 0) is 23.8 Å². The zero-order valence-corrected chi connectivity index (χ0v) is 22.2. The third-order valence-corrected chi connectivity index (χ3v) is 7.72. The highest BCUT2D eigenvalue weighted by Crippen LogP contribution is 2.42. The van der Waals surface area contributed by atoms with Crippen molar-refractivity contribution in [3.05, 3.63) is 58.6 Å². The lowest BCUT2D eigenvalue weighted by molar-refractivity contribution is -0.261. The predicted octanol–water partition coefficient (Wildman–Crippen LogP) is -4.40. The van der Waals surface area contributed by atoms with Crippen LogP contribution in [0, 0.1) is 0 Å². The molecule has 2 aliphatic heterocycles. The average Bonchev–Trinajstić information content (AvgIpc) is 2.98. The maximum absolute atomic E-state index is 13.9. The molecule has 1 aromatic rings. The molecule has 1 aromatic carbocycles. The highest BCUT2D eigenvalue weighted by atomic mass is 16.6. The second-order valence-electron chi connectivity index (χ2n) is 10.4. The van der Waals surface area contributed by atoms with Crippen LogP contribution in [0.2, 0.25) is 0 Å². The van der Waals surface area contributed by atoms with E-state index in [2.05, 4.69) is 0 Å². The second kappa shape index (κ2) is 12.4. The van der Waals surface area contributed by atoms with E-state index in [1.54, 1.807) is 0 Å². The Morgan fingerprint density at radius 3 is 1.86 bits per heavy atom. The molecule has 0 unspecified atom stereocenters. The highest BCUT2D eigenvalue weighted by Gasteiger charge is 2.65. The number of aliphatic hydroxyl groups excluding tert-OH is 10. The van der Waals surface area contributed by atoms with Gasteiger partial charge in [-0.1, -0.05) is 18.2 Å². The summed E-state index contributed by atoms with van der Waals surface area (Å²) in [7, 11) is 0. The van der Waals surface area contributed by atoms with E-state index >= 15 is 0 Å². The zero-order valence-electron chi connectivity index (χ0n) is 22.2. The van der Waals surface area contributed by atoms with Crippen molar-refractivity contribution in [2.45, 2.75) is 66.6 Å². The Labute approximate surface area is 242 Å². The third-order valence-electron chi connectivity index (χ3n) is 7.72. The molecule has 11 atom stereocenters. The predicted molar refractivity (Wildman–Crippen MR) is 139 cm³/mol. The third kappa shape index (κ3) is 5.47. The number of ketones is 2. The molecule has 12 N–H and O–H groups in total. The van der Waals surface area contributed by atoms with Gasteiger partial charge in [0.25, 0.3) is 0 Å². The lowest BCUT2D eigenvalue weighted by Gasteiger charge is -2.48. The van der Waals surface area contributed by atoms with Crippen LogP contribution in [0.1, 0.15) is 5.56 Å². The Bertz CT molecular complexity index is 1320. The number of phenolic OH excluding ortho intramolecular Hbond substituents is 1. The molecule has 0 bridgehead atoms. The van der Waals surface area contributed by atoms with Crippen molar-refractivity contribution in [1.29, 1.82) is 0 Å². The fourth-order valence-electron chi connectivity index (χ4n) is 5.24. The summed E-state index contributed by atoms with van der Waals surface area (Å²) in [6, 6.07) is 5.38. The van der Waals surface area contributed by atoms with Crippen molar-refractivity contribution >= 4 is 17.6 Å². The summed E-state index contributed by atoms with van der Waals surface area (Å²) in [6.07, 6.45) is -18.7. The Hall–Kier alpha value is -3.26. The molecule has 0 aromatic heterocycles. The minimum absolute atomic E-state index is 0.0879. The van der Waals surface area contributed by atoms with Gasteiger partial charge in [0, 0.05) is 0 Å². The maximum atomic E-state index is 13.9. The minimum Gasteiger partial charge on any atom is -0.508 e. The molecule has 16 heteroatoms. The fraction of sp³-hybridized carbons (Fsp3) is 0.481. The molecule has 4 rings (SSSR count). The largest absolute Gasteiger partial charge is 0.508 e. The molecular weight excluding hydrogens is 580 g/mol. The van der Waals surface area contributed by atoms with Crippen LogP contribution in [-0.4, -0.2) is 153 Å². The normalized spacial score (nSPS) is 40.3. The first-order valence-corrected chi connectivity index (χ1v) is 13.0. The number of rotatable bonds is 6. The molecule has 2 fully saturated rings. The second-order valence-corrected chi connectivity index (χ2v) is 10.4. The summed E-state index contributed by atoms with van der Waals surface area (Å²) in [6.45, 7) is -1.99. The van der Waals surface area contributed by atoms with Crippen LogP contribution >= 0.6 is 0 Å². The van der Waals surface area contributed by atoms with Gasteiger partial charge in [0.05, 0.1) is 18.8 Å². The van der Waals surface area contributed by atoms with Crippen molar-refractivity contribution in [1.82, 2.24) is 0 Å². The Morgan fingerprint density at radius 1 is 0.767 bits per heavy atom. The van der Waals surface area contributed by atoms with Crippen LogP contribution in [0.5, 0.6) is 5.75 Å². The van der Waals surface area contributed by atoms with E-state index < -0.39 is 114 Å². The number of ether oxygens (including phenoxy) is 2. The van der Waals surface area contributed by atoms with Gasteiger partial charge in [0.2, 0.25) is 17.2 Å². The van der Waals surface area contributed by atoms with E-state index in [-0.39, 0.29) is 5.75 Å². The van der Waals surface area contributed by atoms with E-state index in [1.165, 1.54) is 30.3 Å².